The lowest BCUT2D eigenvalue weighted by atomic mass is 10.0. The van der Waals surface area contributed by atoms with Crippen LogP contribution in [-0.2, 0) is 0 Å². The molecule has 0 N–H and O–H groups in total. The standard InChI is InChI=1S/C49H26FN3O2/c50-31-16-19-41-39(26-31)36-18-21-45-47(38-12-3-6-15-43(38)55-45)49(36)53(41)33-23-28(27-51)22-30(25-33)29-8-7-9-32(24-29)52-40-13-4-1-10-34(40)35-17-20-44-46(48(35)52)37-11-2-5-14-42(37)54-44/h1-26H. The Bertz CT molecular complexity index is 3650. The second kappa shape index (κ2) is 11.0. The Morgan fingerprint density at radius 3 is 1.75 bits per heavy atom. The van der Waals surface area contributed by atoms with Crippen LogP contribution in [0.25, 0.3) is 110 Å². The van der Waals surface area contributed by atoms with E-state index in [2.05, 4.69) is 100 Å². The first kappa shape index (κ1) is 29.9. The zero-order valence-electron chi connectivity index (χ0n) is 29.0. The molecule has 12 rings (SSSR count). The Hall–Kier alpha value is -7.62. The SMILES string of the molecule is N#Cc1cc(-c2cccc(-n3c4ccccc4c4ccc5oc6ccccc6c5c43)c2)cc(-n2c3ccc(F)cc3c3ccc4oc5ccccc5c4c32)c1. The quantitative estimate of drug-likeness (QED) is 0.184. The van der Waals surface area contributed by atoms with Gasteiger partial charge in [-0.3, -0.25) is 0 Å². The zero-order chi connectivity index (χ0) is 36.4. The van der Waals surface area contributed by atoms with Crippen LogP contribution in [-0.4, -0.2) is 9.13 Å². The number of furan rings is 2. The Morgan fingerprint density at radius 2 is 1.04 bits per heavy atom. The first-order chi connectivity index (χ1) is 27.1. The molecule has 8 aromatic carbocycles. The molecule has 55 heavy (non-hydrogen) atoms. The monoisotopic (exact) mass is 707 g/mol. The summed E-state index contributed by atoms with van der Waals surface area (Å²) in [4.78, 5) is 0. The second-order valence-corrected chi connectivity index (χ2v) is 14.1. The fourth-order valence-electron chi connectivity index (χ4n) is 8.89. The first-order valence-electron chi connectivity index (χ1n) is 18.2. The number of para-hydroxylation sites is 3. The molecule has 0 unspecified atom stereocenters. The van der Waals surface area contributed by atoms with E-state index < -0.39 is 0 Å². The predicted octanol–water partition coefficient (Wildman–Crippen LogP) is 13.4. The van der Waals surface area contributed by atoms with Crippen molar-refractivity contribution in [2.24, 2.45) is 0 Å². The molecule has 0 atom stereocenters. The van der Waals surface area contributed by atoms with E-state index in [0.717, 1.165) is 110 Å². The topological polar surface area (TPSA) is 59.9 Å². The van der Waals surface area contributed by atoms with Gasteiger partial charge in [-0.2, -0.15) is 5.26 Å². The summed E-state index contributed by atoms with van der Waals surface area (Å²) >= 11 is 0. The molecule has 0 fully saturated rings. The Balaban J connectivity index is 1.13. The van der Waals surface area contributed by atoms with Gasteiger partial charge in [0.15, 0.2) is 0 Å². The van der Waals surface area contributed by atoms with E-state index in [-0.39, 0.29) is 5.82 Å². The van der Waals surface area contributed by atoms with Crippen LogP contribution in [0.1, 0.15) is 5.56 Å². The highest BCUT2D eigenvalue weighted by Crippen LogP contribution is 2.43. The summed E-state index contributed by atoms with van der Waals surface area (Å²) in [6, 6.07) is 54.6. The molecule has 0 aliphatic heterocycles. The fourth-order valence-corrected chi connectivity index (χ4v) is 8.89. The minimum atomic E-state index is -0.308. The van der Waals surface area contributed by atoms with Gasteiger partial charge < -0.3 is 18.0 Å². The van der Waals surface area contributed by atoms with Crippen LogP contribution >= 0.6 is 0 Å². The van der Waals surface area contributed by atoms with E-state index in [0.29, 0.717) is 5.56 Å². The Kier molecular flexibility index (Phi) is 5.96. The van der Waals surface area contributed by atoms with Crippen molar-refractivity contribution >= 4 is 87.5 Å². The molecule has 12 aromatic rings. The minimum absolute atomic E-state index is 0.308. The summed E-state index contributed by atoms with van der Waals surface area (Å²) in [6.07, 6.45) is 0. The van der Waals surface area contributed by atoms with Crippen molar-refractivity contribution in [3.8, 4) is 28.6 Å². The molecule has 6 heteroatoms. The normalized spacial score (nSPS) is 12.1. The lowest BCUT2D eigenvalue weighted by Gasteiger charge is -2.14. The van der Waals surface area contributed by atoms with Gasteiger partial charge in [0.05, 0.1) is 44.5 Å². The lowest BCUT2D eigenvalue weighted by molar-refractivity contribution is 0.629. The van der Waals surface area contributed by atoms with Gasteiger partial charge in [0.1, 0.15) is 28.1 Å². The van der Waals surface area contributed by atoms with Gasteiger partial charge in [-0.15, -0.1) is 0 Å². The lowest BCUT2D eigenvalue weighted by Crippen LogP contribution is -1.97. The third-order valence-electron chi connectivity index (χ3n) is 11.1. The van der Waals surface area contributed by atoms with Gasteiger partial charge in [-0.1, -0.05) is 66.7 Å². The Morgan fingerprint density at radius 1 is 0.436 bits per heavy atom. The van der Waals surface area contributed by atoms with Crippen LogP contribution in [0.5, 0.6) is 0 Å². The molecule has 0 saturated carbocycles. The Labute approximate surface area is 311 Å². The van der Waals surface area contributed by atoms with Crippen LogP contribution in [0, 0.1) is 17.1 Å². The molecule has 0 aliphatic rings. The maximum Gasteiger partial charge on any atom is 0.137 e. The number of rotatable bonds is 3. The van der Waals surface area contributed by atoms with Crippen LogP contribution in [0.3, 0.4) is 0 Å². The predicted molar refractivity (Wildman–Crippen MR) is 220 cm³/mol. The smallest absolute Gasteiger partial charge is 0.137 e. The van der Waals surface area contributed by atoms with Crippen molar-refractivity contribution in [2.45, 2.75) is 0 Å². The van der Waals surface area contributed by atoms with E-state index in [1.807, 2.05) is 60.7 Å². The number of hydrogen-bond donors (Lipinski definition) is 0. The third kappa shape index (κ3) is 4.15. The number of nitrogens with zero attached hydrogens (tertiary/aromatic N) is 3. The highest BCUT2D eigenvalue weighted by Gasteiger charge is 2.22. The average Bonchev–Trinajstić information content (AvgIpc) is 3.98. The highest BCUT2D eigenvalue weighted by molar-refractivity contribution is 6.26. The largest absolute Gasteiger partial charge is 0.456 e. The minimum Gasteiger partial charge on any atom is -0.456 e. The summed E-state index contributed by atoms with van der Waals surface area (Å²) in [5, 5.41) is 18.5. The molecule has 4 aromatic heterocycles. The maximum atomic E-state index is 14.9. The molecular formula is C49H26FN3O2. The van der Waals surface area contributed by atoms with Gasteiger partial charge in [0.25, 0.3) is 0 Å². The van der Waals surface area contributed by atoms with E-state index in [1.165, 1.54) is 6.07 Å². The van der Waals surface area contributed by atoms with Crippen molar-refractivity contribution in [3.05, 3.63) is 169 Å². The van der Waals surface area contributed by atoms with Gasteiger partial charge >= 0.3 is 0 Å². The van der Waals surface area contributed by atoms with Crippen molar-refractivity contribution in [1.82, 2.24) is 9.13 Å². The zero-order valence-corrected chi connectivity index (χ0v) is 29.0. The molecule has 0 spiro atoms. The average molecular weight is 708 g/mol. The first-order valence-corrected chi connectivity index (χ1v) is 18.2. The molecule has 0 saturated heterocycles. The number of hydrogen-bond acceptors (Lipinski definition) is 3. The van der Waals surface area contributed by atoms with Crippen LogP contribution < -0.4 is 0 Å². The number of halogens is 1. The number of nitriles is 1. The summed E-state index contributed by atoms with van der Waals surface area (Å²) in [6.45, 7) is 0. The third-order valence-corrected chi connectivity index (χ3v) is 11.1. The van der Waals surface area contributed by atoms with Gasteiger partial charge in [0, 0.05) is 43.7 Å². The van der Waals surface area contributed by atoms with Crippen LogP contribution in [0.4, 0.5) is 4.39 Å². The second-order valence-electron chi connectivity index (χ2n) is 14.1. The molecule has 5 nitrogen and oxygen atoms in total. The number of fused-ring (bicyclic) bond motifs is 14. The summed E-state index contributed by atoms with van der Waals surface area (Å²) in [7, 11) is 0. The van der Waals surface area contributed by atoms with Crippen molar-refractivity contribution in [1.29, 1.82) is 5.26 Å². The van der Waals surface area contributed by atoms with Crippen molar-refractivity contribution in [3.63, 3.8) is 0 Å². The molecule has 4 heterocycles. The van der Waals surface area contributed by atoms with Crippen molar-refractivity contribution < 1.29 is 13.2 Å². The summed E-state index contributed by atoms with van der Waals surface area (Å²) in [5.41, 5.74) is 11.3. The fraction of sp³-hybridized carbons (Fsp3) is 0. The number of benzene rings is 8. The van der Waals surface area contributed by atoms with Crippen molar-refractivity contribution in [2.75, 3.05) is 0 Å². The van der Waals surface area contributed by atoms with Gasteiger partial charge in [-0.05, 0) is 102 Å². The molecule has 256 valence electrons. The maximum absolute atomic E-state index is 14.9. The molecular weight excluding hydrogens is 682 g/mol. The van der Waals surface area contributed by atoms with Gasteiger partial charge in [-0.25, -0.2) is 4.39 Å². The van der Waals surface area contributed by atoms with Crippen LogP contribution in [0.15, 0.2) is 167 Å². The molecule has 0 bridgehead atoms. The molecule has 0 aliphatic carbocycles. The van der Waals surface area contributed by atoms with E-state index >= 15 is 0 Å². The van der Waals surface area contributed by atoms with E-state index in [4.69, 9.17) is 8.83 Å². The molecule has 0 amide bonds. The van der Waals surface area contributed by atoms with E-state index in [9.17, 15) is 9.65 Å². The number of aromatic nitrogens is 2. The van der Waals surface area contributed by atoms with Gasteiger partial charge in [0.2, 0.25) is 0 Å². The summed E-state index contributed by atoms with van der Waals surface area (Å²) < 4.78 is 32.1. The van der Waals surface area contributed by atoms with E-state index in [1.54, 1.807) is 6.07 Å². The highest BCUT2D eigenvalue weighted by atomic mass is 19.1. The summed E-state index contributed by atoms with van der Waals surface area (Å²) in [5.74, 6) is -0.308. The molecule has 0 radical (unpaired) electrons. The van der Waals surface area contributed by atoms with Crippen LogP contribution in [0.2, 0.25) is 0 Å².